The molecule has 29 heavy (non-hydrogen) atoms. The third kappa shape index (κ3) is 4.26. The molecular weight excluding hydrogens is 368 g/mol. The number of hydrogen-bond acceptors (Lipinski definition) is 6. The van der Waals surface area contributed by atoms with E-state index in [9.17, 15) is 0 Å². The minimum atomic E-state index is 0.0662. The summed E-state index contributed by atoms with van der Waals surface area (Å²) in [4.78, 5) is 6.40. The van der Waals surface area contributed by atoms with Gasteiger partial charge in [0.1, 0.15) is 36.9 Å². The maximum atomic E-state index is 5.96. The first-order chi connectivity index (χ1) is 14.3. The van der Waals surface area contributed by atoms with Crippen LogP contribution < -0.4 is 9.47 Å². The van der Waals surface area contributed by atoms with Gasteiger partial charge in [0.25, 0.3) is 0 Å². The number of benzene rings is 2. The Labute approximate surface area is 169 Å². The van der Waals surface area contributed by atoms with E-state index in [0.29, 0.717) is 6.61 Å². The molecule has 0 radical (unpaired) electrons. The molecule has 1 aromatic heterocycles. The quantitative estimate of drug-likeness (QED) is 0.642. The predicted molar refractivity (Wildman–Crippen MR) is 108 cm³/mol. The van der Waals surface area contributed by atoms with Crippen LogP contribution in [0.25, 0.3) is 5.69 Å². The Kier molecular flexibility index (Phi) is 5.15. The van der Waals surface area contributed by atoms with E-state index in [1.165, 1.54) is 17.5 Å². The lowest BCUT2D eigenvalue weighted by Gasteiger charge is -2.32. The number of fused-ring (bicyclic) bond motifs is 1. The second kappa shape index (κ2) is 8.23. The minimum Gasteiger partial charge on any atom is -0.493 e. The van der Waals surface area contributed by atoms with Gasteiger partial charge in [0.05, 0.1) is 18.9 Å². The van der Waals surface area contributed by atoms with Gasteiger partial charge < -0.3 is 14.2 Å². The molecule has 0 N–H and O–H groups in total. The summed E-state index contributed by atoms with van der Waals surface area (Å²) in [6, 6.07) is 14.4. The van der Waals surface area contributed by atoms with E-state index in [1.54, 1.807) is 11.0 Å². The number of aromatic nitrogens is 3. The van der Waals surface area contributed by atoms with Gasteiger partial charge in [0.15, 0.2) is 0 Å². The summed E-state index contributed by atoms with van der Waals surface area (Å²) in [6.07, 6.45) is 4.27. The van der Waals surface area contributed by atoms with Crippen LogP contribution in [0.3, 0.4) is 0 Å². The molecule has 0 aliphatic carbocycles. The van der Waals surface area contributed by atoms with Gasteiger partial charge in [-0.1, -0.05) is 12.1 Å². The molecular formula is C22H24N4O3. The lowest BCUT2D eigenvalue weighted by Crippen LogP contribution is -2.44. The summed E-state index contributed by atoms with van der Waals surface area (Å²) in [6.45, 7) is 4.81. The van der Waals surface area contributed by atoms with E-state index in [4.69, 9.17) is 14.2 Å². The van der Waals surface area contributed by atoms with Crippen molar-refractivity contribution in [1.29, 1.82) is 0 Å². The van der Waals surface area contributed by atoms with Crippen molar-refractivity contribution in [3.05, 3.63) is 66.2 Å². The third-order valence-corrected chi connectivity index (χ3v) is 5.34. The molecule has 0 spiro atoms. The molecule has 3 heterocycles. The summed E-state index contributed by atoms with van der Waals surface area (Å²) in [7, 11) is 0. The maximum absolute atomic E-state index is 5.96. The second-order valence-corrected chi connectivity index (χ2v) is 7.41. The average molecular weight is 392 g/mol. The zero-order chi connectivity index (χ0) is 19.5. The van der Waals surface area contributed by atoms with Crippen molar-refractivity contribution in [2.45, 2.75) is 19.1 Å². The highest BCUT2D eigenvalue weighted by molar-refractivity contribution is 5.40. The van der Waals surface area contributed by atoms with Crippen molar-refractivity contribution in [1.82, 2.24) is 19.7 Å². The van der Waals surface area contributed by atoms with E-state index < -0.39 is 0 Å². The fourth-order valence-electron chi connectivity index (χ4n) is 3.85. The van der Waals surface area contributed by atoms with E-state index >= 15 is 0 Å². The number of morpholine rings is 1. The van der Waals surface area contributed by atoms with Crippen LogP contribution in [-0.4, -0.2) is 58.7 Å². The van der Waals surface area contributed by atoms with Crippen LogP contribution in [0.4, 0.5) is 0 Å². The molecule has 0 bridgehead atoms. The Morgan fingerprint density at radius 2 is 2.03 bits per heavy atom. The topological polar surface area (TPSA) is 61.6 Å². The molecule has 1 fully saturated rings. The molecule has 1 saturated heterocycles. The van der Waals surface area contributed by atoms with Gasteiger partial charge in [0, 0.05) is 26.1 Å². The van der Waals surface area contributed by atoms with Gasteiger partial charge in [-0.3, -0.25) is 4.90 Å². The highest BCUT2D eigenvalue weighted by Gasteiger charge is 2.22. The molecule has 2 aliphatic rings. The van der Waals surface area contributed by atoms with E-state index in [2.05, 4.69) is 33.2 Å². The summed E-state index contributed by atoms with van der Waals surface area (Å²) in [5, 5.41) is 4.13. The molecule has 150 valence electrons. The second-order valence-electron chi connectivity index (χ2n) is 7.41. The zero-order valence-corrected chi connectivity index (χ0v) is 16.2. The van der Waals surface area contributed by atoms with Crippen LogP contribution in [0.5, 0.6) is 11.5 Å². The number of nitrogens with zero attached hydrogens (tertiary/aromatic N) is 4. The van der Waals surface area contributed by atoms with E-state index in [1.807, 2.05) is 24.3 Å². The summed E-state index contributed by atoms with van der Waals surface area (Å²) in [5.74, 6) is 1.87. The van der Waals surface area contributed by atoms with Crippen molar-refractivity contribution >= 4 is 0 Å². The Bertz CT molecular complexity index is 943. The van der Waals surface area contributed by atoms with Gasteiger partial charge in [-0.25, -0.2) is 9.67 Å². The summed E-state index contributed by atoms with van der Waals surface area (Å²) >= 11 is 0. The standard InChI is InChI=1S/C22H24N4O3/c1-6-22-18(7-9-28-22)11-17(1)12-25-8-10-27-21(13-25)14-29-20-4-2-19(3-5-20)26-16-23-15-24-26/h1-6,11,15-16,21H,7-10,12-14H2. The predicted octanol–water partition coefficient (Wildman–Crippen LogP) is 2.48. The van der Waals surface area contributed by atoms with Crippen LogP contribution in [0.1, 0.15) is 11.1 Å². The molecule has 1 unspecified atom stereocenters. The van der Waals surface area contributed by atoms with Crippen molar-refractivity contribution in [3.8, 4) is 17.2 Å². The largest absolute Gasteiger partial charge is 0.493 e. The molecule has 0 saturated carbocycles. The average Bonchev–Trinajstić information content (AvgIpc) is 3.45. The first kappa shape index (κ1) is 18.1. The van der Waals surface area contributed by atoms with E-state index in [0.717, 1.165) is 56.5 Å². The van der Waals surface area contributed by atoms with Crippen LogP contribution >= 0.6 is 0 Å². The summed E-state index contributed by atoms with van der Waals surface area (Å²) in [5.41, 5.74) is 3.61. The van der Waals surface area contributed by atoms with Crippen molar-refractivity contribution in [3.63, 3.8) is 0 Å². The molecule has 0 amide bonds. The smallest absolute Gasteiger partial charge is 0.138 e. The fourth-order valence-corrected chi connectivity index (χ4v) is 3.85. The molecule has 7 heteroatoms. The third-order valence-electron chi connectivity index (χ3n) is 5.34. The highest BCUT2D eigenvalue weighted by Crippen LogP contribution is 2.26. The highest BCUT2D eigenvalue weighted by atomic mass is 16.5. The molecule has 3 aromatic rings. The first-order valence-electron chi connectivity index (χ1n) is 10.00. The van der Waals surface area contributed by atoms with Gasteiger partial charge >= 0.3 is 0 Å². The SMILES string of the molecule is c1ncn(-c2ccc(OCC3CN(Cc4ccc5c(c4)CCO5)CCO3)cc2)n1. The first-order valence-corrected chi connectivity index (χ1v) is 10.00. The number of hydrogen-bond donors (Lipinski definition) is 0. The molecule has 2 aliphatic heterocycles. The Hall–Kier alpha value is -2.90. The van der Waals surface area contributed by atoms with Crippen molar-refractivity contribution in [2.75, 3.05) is 32.9 Å². The van der Waals surface area contributed by atoms with Gasteiger partial charge in [-0.15, -0.1) is 0 Å². The number of rotatable bonds is 6. The maximum Gasteiger partial charge on any atom is 0.138 e. The Balaban J connectivity index is 1.14. The molecule has 1 atom stereocenters. The number of ether oxygens (including phenoxy) is 3. The normalized spacial score (nSPS) is 19.0. The monoisotopic (exact) mass is 392 g/mol. The van der Waals surface area contributed by atoms with Gasteiger partial charge in [-0.05, 0) is 41.5 Å². The van der Waals surface area contributed by atoms with Gasteiger partial charge in [-0.2, -0.15) is 5.10 Å². The molecule has 5 rings (SSSR count). The molecule has 2 aromatic carbocycles. The Morgan fingerprint density at radius 1 is 1.10 bits per heavy atom. The van der Waals surface area contributed by atoms with E-state index in [-0.39, 0.29) is 6.10 Å². The minimum absolute atomic E-state index is 0.0662. The van der Waals surface area contributed by atoms with Crippen LogP contribution in [0.2, 0.25) is 0 Å². The van der Waals surface area contributed by atoms with Gasteiger partial charge in [0.2, 0.25) is 0 Å². The van der Waals surface area contributed by atoms with Crippen LogP contribution in [0, 0.1) is 0 Å². The lowest BCUT2D eigenvalue weighted by atomic mass is 10.1. The lowest BCUT2D eigenvalue weighted by molar-refractivity contribution is -0.0504. The van der Waals surface area contributed by atoms with Crippen LogP contribution in [0.15, 0.2) is 55.1 Å². The molecule has 7 nitrogen and oxygen atoms in total. The van der Waals surface area contributed by atoms with Crippen LogP contribution in [-0.2, 0) is 17.7 Å². The van der Waals surface area contributed by atoms with Crippen molar-refractivity contribution in [2.24, 2.45) is 0 Å². The summed E-state index contributed by atoms with van der Waals surface area (Å²) < 4.78 is 19.2. The zero-order valence-electron chi connectivity index (χ0n) is 16.2. The Morgan fingerprint density at radius 3 is 2.90 bits per heavy atom. The van der Waals surface area contributed by atoms with Crippen molar-refractivity contribution < 1.29 is 14.2 Å². The fraction of sp³-hybridized carbons (Fsp3) is 0.364.